The minimum atomic E-state index is -0.937. The highest BCUT2D eigenvalue weighted by molar-refractivity contribution is 5.87. The molecule has 2 aliphatic heterocycles. The summed E-state index contributed by atoms with van der Waals surface area (Å²) < 4.78 is 0. The second kappa shape index (κ2) is 8.34. The number of carbonyl (C=O) groups is 2. The maximum atomic E-state index is 12.6. The normalized spacial score (nSPS) is 21.8. The number of likely N-dealkylation sites (tertiary alicyclic amines) is 2. The molecule has 0 saturated carbocycles. The van der Waals surface area contributed by atoms with Crippen LogP contribution >= 0.6 is 0 Å². The average Bonchev–Trinajstić information content (AvgIpc) is 3.04. The first-order valence-corrected chi connectivity index (χ1v) is 9.22. The predicted octanol–water partition coefficient (Wildman–Crippen LogP) is 2.54. The maximum absolute atomic E-state index is 12.6. The van der Waals surface area contributed by atoms with Crippen LogP contribution in [0.5, 0.6) is 0 Å². The number of benzene rings is 1. The fraction of sp³-hybridized carbons (Fsp3) is 0.579. The summed E-state index contributed by atoms with van der Waals surface area (Å²) in [5.41, 5.74) is 1.17. The summed E-state index contributed by atoms with van der Waals surface area (Å²) in [5.74, 6) is -0.937. The van der Waals surface area contributed by atoms with Gasteiger partial charge in [0.15, 0.2) is 0 Å². The first kappa shape index (κ1) is 17.7. The SMILES string of the molecule is O=C(O)c1ccc(CNC(=O)N2CCCCC(N3CCCC3)C2)cc1. The number of nitrogens with zero attached hydrogens (tertiary/aromatic N) is 2. The summed E-state index contributed by atoms with van der Waals surface area (Å²) in [6, 6.07) is 7.11. The fourth-order valence-corrected chi connectivity index (χ4v) is 3.76. The fourth-order valence-electron chi connectivity index (χ4n) is 3.76. The Morgan fingerprint density at radius 1 is 1.04 bits per heavy atom. The quantitative estimate of drug-likeness (QED) is 0.880. The molecule has 0 spiro atoms. The van der Waals surface area contributed by atoms with Crippen LogP contribution < -0.4 is 5.32 Å². The third kappa shape index (κ3) is 4.72. The Labute approximate surface area is 148 Å². The third-order valence-corrected chi connectivity index (χ3v) is 5.24. The Hall–Kier alpha value is -2.08. The molecule has 0 bridgehead atoms. The van der Waals surface area contributed by atoms with E-state index in [4.69, 9.17) is 5.11 Å². The van der Waals surface area contributed by atoms with Gasteiger partial charge in [-0.1, -0.05) is 18.6 Å². The molecule has 2 saturated heterocycles. The monoisotopic (exact) mass is 345 g/mol. The van der Waals surface area contributed by atoms with E-state index in [1.54, 1.807) is 24.3 Å². The molecule has 1 atom stereocenters. The molecule has 2 heterocycles. The van der Waals surface area contributed by atoms with Crippen LogP contribution in [0.3, 0.4) is 0 Å². The van der Waals surface area contributed by atoms with Gasteiger partial charge in [-0.25, -0.2) is 9.59 Å². The van der Waals surface area contributed by atoms with E-state index in [9.17, 15) is 9.59 Å². The van der Waals surface area contributed by atoms with Gasteiger partial charge in [-0.3, -0.25) is 4.90 Å². The summed E-state index contributed by atoms with van der Waals surface area (Å²) in [4.78, 5) is 27.9. The minimum Gasteiger partial charge on any atom is -0.478 e. The molecule has 1 aromatic rings. The summed E-state index contributed by atoms with van der Waals surface area (Å²) in [6.07, 6.45) is 5.97. The molecule has 1 aromatic carbocycles. The zero-order chi connectivity index (χ0) is 17.6. The molecule has 0 aliphatic carbocycles. The predicted molar refractivity (Wildman–Crippen MR) is 95.7 cm³/mol. The van der Waals surface area contributed by atoms with Crippen LogP contribution in [0.2, 0.25) is 0 Å². The van der Waals surface area contributed by atoms with Gasteiger partial charge in [-0.2, -0.15) is 0 Å². The van der Waals surface area contributed by atoms with Crippen molar-refractivity contribution >= 4 is 12.0 Å². The van der Waals surface area contributed by atoms with E-state index in [-0.39, 0.29) is 11.6 Å². The average molecular weight is 345 g/mol. The highest BCUT2D eigenvalue weighted by atomic mass is 16.4. The van der Waals surface area contributed by atoms with Crippen molar-refractivity contribution in [1.82, 2.24) is 15.1 Å². The summed E-state index contributed by atoms with van der Waals surface area (Å²) >= 11 is 0. The Morgan fingerprint density at radius 2 is 1.72 bits per heavy atom. The molecule has 0 radical (unpaired) electrons. The van der Waals surface area contributed by atoms with E-state index in [1.165, 1.54) is 25.7 Å². The van der Waals surface area contributed by atoms with Crippen LogP contribution in [0.25, 0.3) is 0 Å². The molecule has 2 aliphatic rings. The van der Waals surface area contributed by atoms with Crippen molar-refractivity contribution in [1.29, 1.82) is 0 Å². The van der Waals surface area contributed by atoms with Crippen LogP contribution in [0, 0.1) is 0 Å². The lowest BCUT2D eigenvalue weighted by Gasteiger charge is -2.30. The Kier molecular flexibility index (Phi) is 5.91. The number of amides is 2. The van der Waals surface area contributed by atoms with Gasteiger partial charge >= 0.3 is 12.0 Å². The maximum Gasteiger partial charge on any atom is 0.335 e. The number of carboxylic acid groups (broad SMARTS) is 1. The van der Waals surface area contributed by atoms with E-state index in [2.05, 4.69) is 10.2 Å². The Morgan fingerprint density at radius 3 is 2.40 bits per heavy atom. The van der Waals surface area contributed by atoms with Gasteiger partial charge in [0.2, 0.25) is 0 Å². The Balaban J connectivity index is 1.53. The van der Waals surface area contributed by atoms with E-state index in [0.717, 1.165) is 38.2 Å². The smallest absolute Gasteiger partial charge is 0.335 e. The second-order valence-electron chi connectivity index (χ2n) is 7.00. The number of carbonyl (C=O) groups excluding carboxylic acids is 1. The van der Waals surface area contributed by atoms with Crippen molar-refractivity contribution in [2.24, 2.45) is 0 Å². The molecule has 3 rings (SSSR count). The highest BCUT2D eigenvalue weighted by Gasteiger charge is 2.27. The van der Waals surface area contributed by atoms with Crippen molar-refractivity contribution in [2.75, 3.05) is 26.2 Å². The number of urea groups is 1. The van der Waals surface area contributed by atoms with Crippen molar-refractivity contribution < 1.29 is 14.7 Å². The standard InChI is InChI=1S/C19H27N3O3/c23-18(24)16-8-6-15(7-9-16)13-20-19(25)22-12-2-1-5-17(14-22)21-10-3-4-11-21/h6-9,17H,1-5,10-14H2,(H,20,25)(H,23,24). The van der Waals surface area contributed by atoms with Crippen molar-refractivity contribution in [2.45, 2.75) is 44.7 Å². The van der Waals surface area contributed by atoms with Crippen molar-refractivity contribution in [3.63, 3.8) is 0 Å². The number of carboxylic acids is 1. The largest absolute Gasteiger partial charge is 0.478 e. The number of rotatable bonds is 4. The highest BCUT2D eigenvalue weighted by Crippen LogP contribution is 2.20. The first-order chi connectivity index (χ1) is 12.1. The summed E-state index contributed by atoms with van der Waals surface area (Å²) in [7, 11) is 0. The topological polar surface area (TPSA) is 72.9 Å². The summed E-state index contributed by atoms with van der Waals surface area (Å²) in [5, 5.41) is 11.9. The molecule has 6 heteroatoms. The Bertz CT molecular complexity index is 596. The van der Waals surface area contributed by atoms with Crippen LogP contribution in [-0.4, -0.2) is 59.1 Å². The van der Waals surface area contributed by atoms with Crippen molar-refractivity contribution in [3.05, 3.63) is 35.4 Å². The lowest BCUT2D eigenvalue weighted by Crippen LogP contribution is -2.47. The molecule has 6 nitrogen and oxygen atoms in total. The van der Waals surface area contributed by atoms with Gasteiger partial charge in [-0.15, -0.1) is 0 Å². The second-order valence-corrected chi connectivity index (χ2v) is 7.00. The van der Waals surface area contributed by atoms with Gasteiger partial charge in [0.25, 0.3) is 0 Å². The van der Waals surface area contributed by atoms with Crippen LogP contribution in [0.1, 0.15) is 48.0 Å². The van der Waals surface area contributed by atoms with Crippen LogP contribution in [-0.2, 0) is 6.54 Å². The van der Waals surface area contributed by atoms with E-state index < -0.39 is 5.97 Å². The zero-order valence-corrected chi connectivity index (χ0v) is 14.6. The minimum absolute atomic E-state index is 0.0200. The van der Waals surface area contributed by atoms with Gasteiger partial charge in [0.05, 0.1) is 5.56 Å². The van der Waals surface area contributed by atoms with Gasteiger partial charge in [0.1, 0.15) is 0 Å². The molecule has 1 unspecified atom stereocenters. The van der Waals surface area contributed by atoms with Gasteiger partial charge in [0, 0.05) is 25.7 Å². The molecule has 2 amide bonds. The van der Waals surface area contributed by atoms with Crippen molar-refractivity contribution in [3.8, 4) is 0 Å². The van der Waals surface area contributed by atoms with Gasteiger partial charge in [-0.05, 0) is 56.5 Å². The lowest BCUT2D eigenvalue weighted by molar-refractivity contribution is 0.0697. The lowest BCUT2D eigenvalue weighted by atomic mass is 10.1. The van der Waals surface area contributed by atoms with Crippen LogP contribution in [0.15, 0.2) is 24.3 Å². The molecular weight excluding hydrogens is 318 g/mol. The number of nitrogens with one attached hydrogen (secondary N) is 1. The first-order valence-electron chi connectivity index (χ1n) is 9.22. The summed E-state index contributed by atoms with van der Waals surface area (Å²) in [6.45, 7) is 4.37. The zero-order valence-electron chi connectivity index (χ0n) is 14.6. The molecular formula is C19H27N3O3. The van der Waals surface area contributed by atoms with E-state index in [1.807, 2.05) is 4.90 Å². The van der Waals surface area contributed by atoms with E-state index >= 15 is 0 Å². The van der Waals surface area contributed by atoms with Gasteiger partial charge < -0.3 is 15.3 Å². The van der Waals surface area contributed by atoms with Crippen LogP contribution in [0.4, 0.5) is 4.79 Å². The number of hydrogen-bond donors (Lipinski definition) is 2. The number of aromatic carboxylic acids is 1. The molecule has 0 aromatic heterocycles. The van der Waals surface area contributed by atoms with E-state index in [0.29, 0.717) is 12.6 Å². The molecule has 136 valence electrons. The third-order valence-electron chi connectivity index (χ3n) is 5.24. The molecule has 2 N–H and O–H groups in total. The molecule has 2 fully saturated rings. The number of hydrogen-bond acceptors (Lipinski definition) is 3. The molecule has 25 heavy (non-hydrogen) atoms.